The summed E-state index contributed by atoms with van der Waals surface area (Å²) in [6.45, 7) is 1.78. The van der Waals surface area contributed by atoms with Crippen LogP contribution < -0.4 is 11.1 Å². The molecule has 1 saturated heterocycles. The van der Waals surface area contributed by atoms with E-state index in [9.17, 15) is 9.59 Å². The van der Waals surface area contributed by atoms with Gasteiger partial charge in [0.25, 0.3) is 0 Å². The molecule has 1 aromatic rings. The molecule has 0 spiro atoms. The fraction of sp³-hybridized carbons (Fsp3) is 0.688. The third-order valence-corrected chi connectivity index (χ3v) is 4.87. The molecule has 0 bridgehead atoms. The van der Waals surface area contributed by atoms with E-state index in [1.165, 1.54) is 0 Å². The van der Waals surface area contributed by atoms with Gasteiger partial charge in [-0.3, -0.25) is 14.5 Å². The van der Waals surface area contributed by atoms with Crippen LogP contribution in [0.25, 0.3) is 0 Å². The minimum Gasteiger partial charge on any atom is -0.369 e. The topological polar surface area (TPSA) is 93.2 Å². The fourth-order valence-electron chi connectivity index (χ4n) is 3.34. The minimum absolute atomic E-state index is 0.0145. The summed E-state index contributed by atoms with van der Waals surface area (Å²) in [6.07, 6.45) is 7.54. The molecule has 7 heteroatoms. The number of hydrogen-bond donors (Lipinski definition) is 2. The van der Waals surface area contributed by atoms with Crippen molar-refractivity contribution in [2.45, 2.75) is 31.7 Å². The van der Waals surface area contributed by atoms with E-state index < -0.39 is 0 Å². The lowest BCUT2D eigenvalue weighted by molar-refractivity contribution is -0.127. The Morgan fingerprint density at radius 1 is 1.35 bits per heavy atom. The second-order valence-electron chi connectivity index (χ2n) is 6.74. The molecule has 2 fully saturated rings. The lowest BCUT2D eigenvalue weighted by Gasteiger charge is -2.31. The van der Waals surface area contributed by atoms with Crippen LogP contribution in [0.2, 0.25) is 0 Å². The van der Waals surface area contributed by atoms with Gasteiger partial charge in [-0.05, 0) is 44.7 Å². The summed E-state index contributed by atoms with van der Waals surface area (Å²) in [5.74, 6) is 1.27. The zero-order valence-corrected chi connectivity index (χ0v) is 13.6. The smallest absolute Gasteiger partial charge is 0.231 e. The Bertz CT molecular complexity index is 573. The molecule has 2 amide bonds. The monoisotopic (exact) mass is 319 g/mol. The van der Waals surface area contributed by atoms with E-state index in [0.717, 1.165) is 44.6 Å². The molecule has 0 aromatic carbocycles. The van der Waals surface area contributed by atoms with Crippen LogP contribution in [-0.4, -0.2) is 45.9 Å². The Hall–Kier alpha value is -1.89. The predicted molar refractivity (Wildman–Crippen MR) is 85.2 cm³/mol. The van der Waals surface area contributed by atoms with Crippen LogP contribution in [0.3, 0.4) is 0 Å². The first-order valence-corrected chi connectivity index (χ1v) is 8.33. The van der Waals surface area contributed by atoms with E-state index in [0.29, 0.717) is 5.92 Å². The maximum absolute atomic E-state index is 12.6. The number of nitrogens with two attached hydrogens (primary N) is 1. The van der Waals surface area contributed by atoms with Gasteiger partial charge in [0.1, 0.15) is 5.82 Å². The molecule has 3 N–H and O–H groups in total. The zero-order chi connectivity index (χ0) is 16.4. The maximum Gasteiger partial charge on any atom is 0.231 e. The number of rotatable bonds is 6. The summed E-state index contributed by atoms with van der Waals surface area (Å²) in [5, 5.41) is 3.22. The van der Waals surface area contributed by atoms with Gasteiger partial charge in [-0.1, -0.05) is 0 Å². The number of nitrogens with one attached hydrogen (secondary N) is 1. The Morgan fingerprint density at radius 2 is 2.04 bits per heavy atom. The molecule has 126 valence electrons. The number of hydrogen-bond acceptors (Lipinski definition) is 4. The van der Waals surface area contributed by atoms with Crippen LogP contribution >= 0.6 is 0 Å². The van der Waals surface area contributed by atoms with Crippen molar-refractivity contribution in [3.05, 3.63) is 18.2 Å². The largest absolute Gasteiger partial charge is 0.369 e. The van der Waals surface area contributed by atoms with Crippen molar-refractivity contribution in [3.63, 3.8) is 0 Å². The van der Waals surface area contributed by atoms with Crippen molar-refractivity contribution in [2.24, 2.45) is 24.6 Å². The van der Waals surface area contributed by atoms with E-state index in [4.69, 9.17) is 5.73 Å². The summed E-state index contributed by atoms with van der Waals surface area (Å²) < 4.78 is 1.98. The molecule has 2 heterocycles. The Morgan fingerprint density at radius 3 is 2.57 bits per heavy atom. The number of nitrogens with zero attached hydrogens (tertiary/aromatic N) is 3. The van der Waals surface area contributed by atoms with E-state index in [1.807, 2.05) is 22.7 Å². The highest BCUT2D eigenvalue weighted by atomic mass is 16.2. The normalized spacial score (nSPS) is 21.1. The number of amides is 2. The summed E-state index contributed by atoms with van der Waals surface area (Å²) in [4.78, 5) is 30.0. The van der Waals surface area contributed by atoms with Crippen LogP contribution in [0.1, 0.15) is 37.5 Å². The molecule has 1 atom stereocenters. The summed E-state index contributed by atoms with van der Waals surface area (Å²) in [6, 6.07) is 0.0196. The van der Waals surface area contributed by atoms with Crippen molar-refractivity contribution in [3.8, 4) is 0 Å². The molecule has 3 rings (SSSR count). The van der Waals surface area contributed by atoms with Crippen molar-refractivity contribution >= 4 is 11.8 Å². The Balaban J connectivity index is 1.56. The highest BCUT2D eigenvalue weighted by molar-refractivity contribution is 5.79. The quantitative estimate of drug-likeness (QED) is 0.782. The highest BCUT2D eigenvalue weighted by Gasteiger charge is 2.37. The summed E-state index contributed by atoms with van der Waals surface area (Å²) in [7, 11) is 1.96. The molecule has 0 radical (unpaired) electrons. The highest BCUT2D eigenvalue weighted by Crippen LogP contribution is 2.40. The van der Waals surface area contributed by atoms with Gasteiger partial charge in [-0.2, -0.15) is 0 Å². The Kier molecular flexibility index (Phi) is 4.66. The zero-order valence-electron chi connectivity index (χ0n) is 13.6. The number of piperidine rings is 1. The molecule has 1 aromatic heterocycles. The lowest BCUT2D eigenvalue weighted by Crippen LogP contribution is -2.44. The fourth-order valence-corrected chi connectivity index (χ4v) is 3.34. The number of aromatic nitrogens is 2. The molecular formula is C16H25N5O2. The van der Waals surface area contributed by atoms with Crippen LogP contribution in [0.4, 0.5) is 0 Å². The molecule has 23 heavy (non-hydrogen) atoms. The second-order valence-corrected chi connectivity index (χ2v) is 6.74. The molecular weight excluding hydrogens is 294 g/mol. The number of carbonyl (C=O) groups is 2. The van der Waals surface area contributed by atoms with Crippen molar-refractivity contribution in [1.82, 2.24) is 19.8 Å². The molecule has 1 aliphatic carbocycles. The van der Waals surface area contributed by atoms with Crippen LogP contribution in [0, 0.1) is 11.8 Å². The van der Waals surface area contributed by atoms with Crippen LogP contribution in [0.15, 0.2) is 12.4 Å². The SMILES string of the molecule is Cn1ccnc1[C@@H](NC(=O)C1CCN(CC(N)=O)CC1)C1CC1. The Labute approximate surface area is 136 Å². The molecule has 0 unspecified atom stereocenters. The first-order valence-electron chi connectivity index (χ1n) is 8.33. The van der Waals surface area contributed by atoms with E-state index in [1.54, 1.807) is 6.20 Å². The van der Waals surface area contributed by atoms with Gasteiger partial charge < -0.3 is 15.6 Å². The van der Waals surface area contributed by atoms with Crippen molar-refractivity contribution in [1.29, 1.82) is 0 Å². The number of aryl methyl sites for hydroxylation is 1. The van der Waals surface area contributed by atoms with Gasteiger partial charge in [0.15, 0.2) is 0 Å². The average molecular weight is 319 g/mol. The van der Waals surface area contributed by atoms with Crippen LogP contribution in [0.5, 0.6) is 0 Å². The molecule has 7 nitrogen and oxygen atoms in total. The predicted octanol–water partition coefficient (Wildman–Crippen LogP) is 0.185. The summed E-state index contributed by atoms with van der Waals surface area (Å²) in [5.41, 5.74) is 5.22. The van der Waals surface area contributed by atoms with E-state index >= 15 is 0 Å². The first-order chi connectivity index (χ1) is 11.0. The molecule has 2 aliphatic rings. The van der Waals surface area contributed by atoms with Gasteiger partial charge in [-0.15, -0.1) is 0 Å². The molecule has 1 aliphatic heterocycles. The second kappa shape index (κ2) is 6.70. The number of primary amides is 1. The van der Waals surface area contributed by atoms with Gasteiger partial charge in [-0.25, -0.2) is 4.98 Å². The van der Waals surface area contributed by atoms with Gasteiger partial charge in [0.05, 0.1) is 12.6 Å². The maximum atomic E-state index is 12.6. The number of carbonyl (C=O) groups excluding carboxylic acids is 2. The lowest BCUT2D eigenvalue weighted by atomic mass is 9.95. The van der Waals surface area contributed by atoms with Crippen molar-refractivity contribution < 1.29 is 9.59 Å². The van der Waals surface area contributed by atoms with E-state index in [2.05, 4.69) is 10.3 Å². The number of likely N-dealkylation sites (tertiary alicyclic amines) is 1. The first kappa shape index (κ1) is 16.0. The third kappa shape index (κ3) is 3.90. The average Bonchev–Trinajstić information content (AvgIpc) is 3.27. The standard InChI is InChI=1S/C16H25N5O2/c1-20-9-6-18-15(20)14(11-2-3-11)19-16(23)12-4-7-21(8-5-12)10-13(17)22/h6,9,11-12,14H,2-5,7-8,10H2,1H3,(H2,17,22)(H,19,23)/t14-/m0/s1. The summed E-state index contributed by atoms with van der Waals surface area (Å²) >= 11 is 0. The number of imidazole rings is 1. The van der Waals surface area contributed by atoms with Crippen LogP contribution in [-0.2, 0) is 16.6 Å². The van der Waals surface area contributed by atoms with Gasteiger partial charge in [0.2, 0.25) is 11.8 Å². The molecule has 1 saturated carbocycles. The minimum atomic E-state index is -0.309. The van der Waals surface area contributed by atoms with E-state index in [-0.39, 0.29) is 30.3 Å². The van der Waals surface area contributed by atoms with Crippen molar-refractivity contribution in [2.75, 3.05) is 19.6 Å². The van der Waals surface area contributed by atoms with Gasteiger partial charge >= 0.3 is 0 Å². The third-order valence-electron chi connectivity index (χ3n) is 4.87. The van der Waals surface area contributed by atoms with Gasteiger partial charge in [0, 0.05) is 25.4 Å².